The summed E-state index contributed by atoms with van der Waals surface area (Å²) in [6.45, 7) is 0. The van der Waals surface area contributed by atoms with Crippen LogP contribution in [0.4, 0.5) is 0 Å². The van der Waals surface area contributed by atoms with E-state index >= 15 is 0 Å². The largest absolute Gasteiger partial charge is 0.478 e. The lowest BCUT2D eigenvalue weighted by Gasteiger charge is -2.06. The molecule has 1 aromatic heterocycles. The molecule has 1 N–H and O–H groups in total. The topological polar surface area (TPSA) is 55.1 Å². The van der Waals surface area contributed by atoms with Crippen LogP contribution in [-0.2, 0) is 7.05 Å². The molecule has 0 spiro atoms. The van der Waals surface area contributed by atoms with Crippen molar-refractivity contribution in [3.05, 3.63) is 41.2 Å². The number of rotatable bonds is 3. The van der Waals surface area contributed by atoms with Gasteiger partial charge in [-0.1, -0.05) is 29.4 Å². The number of aryl methyl sites for hydroxylation is 1. The number of hydrogen-bond donors (Lipinski definition) is 1. The van der Waals surface area contributed by atoms with Gasteiger partial charge in [-0.25, -0.2) is 9.78 Å². The Hall–Kier alpha value is -1.46. The molecule has 0 saturated heterocycles. The number of carboxylic acids is 1. The number of aromatic nitrogens is 2. The highest BCUT2D eigenvalue weighted by Crippen LogP contribution is 2.32. The molecule has 88 valence electrons. The molecule has 0 aliphatic rings. The molecule has 0 bridgehead atoms. The Morgan fingerprint density at radius 3 is 2.88 bits per heavy atom. The average Bonchev–Trinajstić information content (AvgIpc) is 2.64. The van der Waals surface area contributed by atoms with Crippen molar-refractivity contribution < 1.29 is 9.90 Å². The predicted molar refractivity (Wildman–Crippen MR) is 65.7 cm³/mol. The Labute approximate surface area is 107 Å². The lowest BCUT2D eigenvalue weighted by molar-refractivity contribution is 0.0693. The summed E-state index contributed by atoms with van der Waals surface area (Å²) in [7, 11) is 1.85. The van der Waals surface area contributed by atoms with Crippen LogP contribution >= 0.6 is 23.4 Å². The molecule has 4 nitrogen and oxygen atoms in total. The fourth-order valence-corrected chi connectivity index (χ4v) is 2.62. The van der Waals surface area contributed by atoms with Gasteiger partial charge >= 0.3 is 5.97 Å². The van der Waals surface area contributed by atoms with E-state index in [1.54, 1.807) is 30.6 Å². The molecule has 17 heavy (non-hydrogen) atoms. The Morgan fingerprint density at radius 2 is 2.29 bits per heavy atom. The first-order valence-corrected chi connectivity index (χ1v) is 5.96. The fourth-order valence-electron chi connectivity index (χ4n) is 1.35. The number of benzene rings is 1. The number of nitrogens with zero attached hydrogens (tertiary/aromatic N) is 2. The van der Waals surface area contributed by atoms with Gasteiger partial charge in [0.15, 0.2) is 5.16 Å². The summed E-state index contributed by atoms with van der Waals surface area (Å²) in [5, 5.41) is 10.1. The summed E-state index contributed by atoms with van der Waals surface area (Å²) in [4.78, 5) is 15.8. The first-order chi connectivity index (χ1) is 8.09. The molecule has 0 saturated carbocycles. The second-order valence-corrected chi connectivity index (χ2v) is 4.76. The van der Waals surface area contributed by atoms with Crippen LogP contribution in [0.15, 0.2) is 40.6 Å². The van der Waals surface area contributed by atoms with Gasteiger partial charge in [0.1, 0.15) is 0 Å². The molecule has 1 aromatic carbocycles. The van der Waals surface area contributed by atoms with Gasteiger partial charge in [0.05, 0.1) is 10.6 Å². The third-order valence-electron chi connectivity index (χ3n) is 2.17. The lowest BCUT2D eigenvalue weighted by Crippen LogP contribution is -2.00. The monoisotopic (exact) mass is 268 g/mol. The minimum Gasteiger partial charge on any atom is -0.478 e. The van der Waals surface area contributed by atoms with Crippen LogP contribution in [0.25, 0.3) is 0 Å². The second-order valence-electron chi connectivity index (χ2n) is 3.34. The maximum absolute atomic E-state index is 11.1. The molecule has 0 amide bonds. The number of carbonyl (C=O) groups is 1. The van der Waals surface area contributed by atoms with Crippen molar-refractivity contribution in [3.8, 4) is 0 Å². The van der Waals surface area contributed by atoms with Crippen LogP contribution < -0.4 is 0 Å². The number of halogens is 1. The van der Waals surface area contributed by atoms with Gasteiger partial charge in [-0.05, 0) is 12.1 Å². The molecule has 0 unspecified atom stereocenters. The molecular weight excluding hydrogens is 260 g/mol. The minimum atomic E-state index is -1.03. The molecule has 0 fully saturated rings. The summed E-state index contributed by atoms with van der Waals surface area (Å²) in [5.74, 6) is -1.03. The highest BCUT2D eigenvalue weighted by Gasteiger charge is 2.16. The average molecular weight is 269 g/mol. The lowest BCUT2D eigenvalue weighted by atomic mass is 10.2. The van der Waals surface area contributed by atoms with E-state index in [2.05, 4.69) is 4.98 Å². The van der Waals surface area contributed by atoms with Crippen molar-refractivity contribution in [1.82, 2.24) is 9.55 Å². The van der Waals surface area contributed by atoms with E-state index in [0.29, 0.717) is 4.90 Å². The van der Waals surface area contributed by atoms with Gasteiger partial charge in [-0.3, -0.25) is 0 Å². The highest BCUT2D eigenvalue weighted by atomic mass is 35.5. The smallest absolute Gasteiger partial charge is 0.338 e. The van der Waals surface area contributed by atoms with E-state index in [4.69, 9.17) is 16.7 Å². The number of carboxylic acid groups (broad SMARTS) is 1. The molecule has 1 heterocycles. The van der Waals surface area contributed by atoms with E-state index in [0.717, 1.165) is 5.16 Å². The molecule has 2 aromatic rings. The van der Waals surface area contributed by atoms with Gasteiger partial charge in [-0.15, -0.1) is 0 Å². The zero-order chi connectivity index (χ0) is 12.4. The Morgan fingerprint density at radius 1 is 1.53 bits per heavy atom. The van der Waals surface area contributed by atoms with E-state index in [1.165, 1.54) is 11.8 Å². The van der Waals surface area contributed by atoms with E-state index < -0.39 is 5.97 Å². The van der Waals surface area contributed by atoms with Crippen molar-refractivity contribution in [2.75, 3.05) is 0 Å². The zero-order valence-corrected chi connectivity index (χ0v) is 10.5. The van der Waals surface area contributed by atoms with Crippen LogP contribution in [0.2, 0.25) is 5.02 Å². The number of hydrogen-bond acceptors (Lipinski definition) is 3. The molecule has 0 atom stereocenters. The standard InChI is InChI=1S/C11H9ClN2O2S/c1-14-6-5-13-11(14)17-8-4-2-3-7(12)9(8)10(15)16/h2-6H,1H3,(H,15,16). The third-order valence-corrected chi connectivity index (χ3v) is 3.62. The van der Waals surface area contributed by atoms with E-state index in [9.17, 15) is 4.79 Å². The minimum absolute atomic E-state index is 0.113. The van der Waals surface area contributed by atoms with Crippen LogP contribution in [0.1, 0.15) is 10.4 Å². The van der Waals surface area contributed by atoms with Crippen LogP contribution in [0, 0.1) is 0 Å². The van der Waals surface area contributed by atoms with Gasteiger partial charge in [0, 0.05) is 24.3 Å². The van der Waals surface area contributed by atoms with Crippen molar-refractivity contribution in [3.63, 3.8) is 0 Å². The van der Waals surface area contributed by atoms with Gasteiger partial charge in [-0.2, -0.15) is 0 Å². The zero-order valence-electron chi connectivity index (χ0n) is 8.92. The summed E-state index contributed by atoms with van der Waals surface area (Å²) < 4.78 is 1.82. The number of aromatic carboxylic acids is 1. The maximum atomic E-state index is 11.1. The van der Waals surface area contributed by atoms with Gasteiger partial charge < -0.3 is 9.67 Å². The Balaban J connectivity index is 2.43. The van der Waals surface area contributed by atoms with Crippen LogP contribution in [0.3, 0.4) is 0 Å². The predicted octanol–water partition coefficient (Wildman–Crippen LogP) is 2.92. The van der Waals surface area contributed by atoms with Gasteiger partial charge in [0.25, 0.3) is 0 Å². The maximum Gasteiger partial charge on any atom is 0.338 e. The van der Waals surface area contributed by atoms with Crippen LogP contribution in [0.5, 0.6) is 0 Å². The normalized spacial score (nSPS) is 10.5. The SMILES string of the molecule is Cn1ccnc1Sc1cccc(Cl)c1C(=O)O. The van der Waals surface area contributed by atoms with Crippen molar-refractivity contribution in [2.24, 2.45) is 7.05 Å². The quantitative estimate of drug-likeness (QED) is 0.930. The number of imidazole rings is 1. The van der Waals surface area contributed by atoms with E-state index in [1.807, 2.05) is 11.6 Å². The van der Waals surface area contributed by atoms with Gasteiger partial charge in [0.2, 0.25) is 0 Å². The third kappa shape index (κ3) is 2.45. The van der Waals surface area contributed by atoms with Crippen molar-refractivity contribution in [2.45, 2.75) is 10.1 Å². The fraction of sp³-hybridized carbons (Fsp3) is 0.0909. The molecule has 6 heteroatoms. The van der Waals surface area contributed by atoms with E-state index in [-0.39, 0.29) is 10.6 Å². The molecule has 0 radical (unpaired) electrons. The van der Waals surface area contributed by atoms with Crippen LogP contribution in [-0.4, -0.2) is 20.6 Å². The Bertz CT molecular complexity index is 568. The first kappa shape index (κ1) is 12.0. The summed E-state index contributed by atoms with van der Waals surface area (Å²) in [5.41, 5.74) is 0.113. The molecule has 2 rings (SSSR count). The second kappa shape index (κ2) is 4.81. The summed E-state index contributed by atoms with van der Waals surface area (Å²) in [6.07, 6.45) is 3.46. The molecule has 0 aliphatic carbocycles. The first-order valence-electron chi connectivity index (χ1n) is 4.76. The highest BCUT2D eigenvalue weighted by molar-refractivity contribution is 7.99. The molecule has 0 aliphatic heterocycles. The summed E-state index contributed by atoms with van der Waals surface area (Å²) >= 11 is 7.16. The summed E-state index contributed by atoms with van der Waals surface area (Å²) in [6, 6.07) is 5.00. The molecular formula is C11H9ClN2O2S. The van der Waals surface area contributed by atoms with Crippen molar-refractivity contribution in [1.29, 1.82) is 0 Å². The Kier molecular flexibility index (Phi) is 3.40. The van der Waals surface area contributed by atoms with Crippen molar-refractivity contribution >= 4 is 29.3 Å².